The number of hydrogen-bond donors (Lipinski definition) is 1. The highest BCUT2D eigenvalue weighted by Gasteiger charge is 2.25. The van der Waals surface area contributed by atoms with Crippen LogP contribution in [-0.4, -0.2) is 39.2 Å². The molecule has 2 aromatic rings. The Morgan fingerprint density at radius 3 is 2.68 bits per heavy atom. The van der Waals surface area contributed by atoms with E-state index in [1.54, 1.807) is 6.33 Å². The Kier molecular flexibility index (Phi) is 3.03. The van der Waals surface area contributed by atoms with E-state index in [1.807, 2.05) is 24.3 Å². The molecule has 5 nitrogen and oxygen atoms in total. The van der Waals surface area contributed by atoms with E-state index in [4.69, 9.17) is 5.11 Å². The van der Waals surface area contributed by atoms with Gasteiger partial charge in [-0.05, 0) is 18.9 Å². The second kappa shape index (κ2) is 4.84. The van der Waals surface area contributed by atoms with Gasteiger partial charge in [-0.2, -0.15) is 0 Å². The minimum Gasteiger partial charge on any atom is -0.465 e. The van der Waals surface area contributed by atoms with Crippen LogP contribution in [0.15, 0.2) is 30.6 Å². The molecule has 5 heteroatoms. The van der Waals surface area contributed by atoms with Crippen LogP contribution in [0.3, 0.4) is 0 Å². The summed E-state index contributed by atoms with van der Waals surface area (Å²) in [6, 6.07) is 7.97. The number of fused-ring (bicyclic) bond motifs is 1. The van der Waals surface area contributed by atoms with E-state index in [1.165, 1.54) is 4.90 Å². The van der Waals surface area contributed by atoms with Gasteiger partial charge in [-0.15, -0.1) is 0 Å². The smallest absolute Gasteiger partial charge is 0.407 e. The largest absolute Gasteiger partial charge is 0.465 e. The first-order valence-corrected chi connectivity index (χ1v) is 6.43. The molecule has 2 heterocycles. The summed E-state index contributed by atoms with van der Waals surface area (Å²) in [5.41, 5.74) is 2.00. The zero-order chi connectivity index (χ0) is 13.2. The zero-order valence-electron chi connectivity index (χ0n) is 10.5. The molecule has 0 atom stereocenters. The van der Waals surface area contributed by atoms with Crippen molar-refractivity contribution in [2.24, 2.45) is 0 Å². The van der Waals surface area contributed by atoms with Crippen LogP contribution in [0, 0.1) is 0 Å². The number of amides is 1. The number of likely N-dealkylation sites (tertiary alicyclic amines) is 1. The second-order valence-corrected chi connectivity index (χ2v) is 4.82. The topological polar surface area (TPSA) is 66.3 Å². The summed E-state index contributed by atoms with van der Waals surface area (Å²) in [5, 5.41) is 10.0. The molecule has 98 valence electrons. The van der Waals surface area contributed by atoms with Crippen LogP contribution >= 0.6 is 0 Å². The summed E-state index contributed by atoms with van der Waals surface area (Å²) in [6.45, 7) is 1.16. The van der Waals surface area contributed by atoms with Crippen molar-refractivity contribution in [1.29, 1.82) is 0 Å². The molecule has 0 radical (unpaired) electrons. The SMILES string of the molecule is O=C(O)N1CCC(c2ncnc3ccccc23)CC1. The molecule has 1 aromatic heterocycles. The Bertz CT molecular complexity index is 601. The standard InChI is InChI=1S/C14H15N3O2/c18-14(19)17-7-5-10(6-8-17)13-11-3-1-2-4-12(11)15-9-16-13/h1-4,9-10H,5-8H2,(H,18,19). The number of aromatic nitrogens is 2. The van der Waals surface area contributed by atoms with Crippen LogP contribution in [0.5, 0.6) is 0 Å². The van der Waals surface area contributed by atoms with Gasteiger partial charge in [0, 0.05) is 24.4 Å². The molecule has 3 rings (SSSR count). The Hall–Kier alpha value is -2.17. The van der Waals surface area contributed by atoms with E-state index in [9.17, 15) is 4.79 Å². The number of para-hydroxylation sites is 1. The Morgan fingerprint density at radius 1 is 1.21 bits per heavy atom. The van der Waals surface area contributed by atoms with Gasteiger partial charge in [0.2, 0.25) is 0 Å². The zero-order valence-corrected chi connectivity index (χ0v) is 10.5. The molecule has 1 fully saturated rings. The van der Waals surface area contributed by atoms with Crippen molar-refractivity contribution in [2.45, 2.75) is 18.8 Å². The molecule has 0 saturated carbocycles. The van der Waals surface area contributed by atoms with Crippen LogP contribution in [0.2, 0.25) is 0 Å². The molecule has 0 spiro atoms. The molecule has 0 bridgehead atoms. The van der Waals surface area contributed by atoms with Crippen molar-refractivity contribution in [3.8, 4) is 0 Å². The maximum Gasteiger partial charge on any atom is 0.407 e. The van der Waals surface area contributed by atoms with Crippen molar-refractivity contribution < 1.29 is 9.90 Å². The van der Waals surface area contributed by atoms with Gasteiger partial charge in [0.1, 0.15) is 6.33 Å². The quantitative estimate of drug-likeness (QED) is 0.852. The first-order valence-electron chi connectivity index (χ1n) is 6.43. The van der Waals surface area contributed by atoms with Gasteiger partial charge in [-0.1, -0.05) is 18.2 Å². The van der Waals surface area contributed by atoms with Crippen LogP contribution in [0.25, 0.3) is 10.9 Å². The summed E-state index contributed by atoms with van der Waals surface area (Å²) < 4.78 is 0. The summed E-state index contributed by atoms with van der Waals surface area (Å²) in [4.78, 5) is 21.1. The molecule has 1 N–H and O–H groups in total. The van der Waals surface area contributed by atoms with Crippen LogP contribution < -0.4 is 0 Å². The Labute approximate surface area is 110 Å². The third kappa shape index (κ3) is 2.23. The van der Waals surface area contributed by atoms with E-state index < -0.39 is 6.09 Å². The highest BCUT2D eigenvalue weighted by molar-refractivity contribution is 5.81. The Morgan fingerprint density at radius 2 is 1.95 bits per heavy atom. The van der Waals surface area contributed by atoms with Gasteiger partial charge in [0.15, 0.2) is 0 Å². The molecule has 1 aliphatic heterocycles. The molecule has 1 aliphatic rings. The van der Waals surface area contributed by atoms with Gasteiger partial charge < -0.3 is 10.0 Å². The summed E-state index contributed by atoms with van der Waals surface area (Å²) in [5.74, 6) is 0.323. The van der Waals surface area contributed by atoms with Gasteiger partial charge in [-0.25, -0.2) is 14.8 Å². The summed E-state index contributed by atoms with van der Waals surface area (Å²) in [6.07, 6.45) is 2.42. The molecular weight excluding hydrogens is 242 g/mol. The third-order valence-electron chi connectivity index (χ3n) is 3.73. The van der Waals surface area contributed by atoms with Gasteiger partial charge >= 0.3 is 6.09 Å². The van der Waals surface area contributed by atoms with E-state index >= 15 is 0 Å². The minimum absolute atomic E-state index is 0.323. The van der Waals surface area contributed by atoms with E-state index in [-0.39, 0.29) is 0 Å². The Balaban J connectivity index is 1.88. The average Bonchev–Trinajstić information content (AvgIpc) is 2.47. The highest BCUT2D eigenvalue weighted by atomic mass is 16.4. The highest BCUT2D eigenvalue weighted by Crippen LogP contribution is 2.30. The van der Waals surface area contributed by atoms with Crippen molar-refractivity contribution in [1.82, 2.24) is 14.9 Å². The normalized spacial score (nSPS) is 16.7. The average molecular weight is 257 g/mol. The fraction of sp³-hybridized carbons (Fsp3) is 0.357. The minimum atomic E-state index is -0.828. The maximum atomic E-state index is 10.9. The first-order chi connectivity index (χ1) is 9.25. The lowest BCUT2D eigenvalue weighted by Gasteiger charge is -2.29. The monoisotopic (exact) mass is 257 g/mol. The fourth-order valence-electron chi connectivity index (χ4n) is 2.70. The third-order valence-corrected chi connectivity index (χ3v) is 3.73. The molecule has 1 amide bonds. The van der Waals surface area contributed by atoms with Crippen LogP contribution in [0.4, 0.5) is 4.79 Å². The number of piperidine rings is 1. The van der Waals surface area contributed by atoms with Crippen molar-refractivity contribution in [3.63, 3.8) is 0 Å². The lowest BCUT2D eigenvalue weighted by molar-refractivity contribution is 0.132. The van der Waals surface area contributed by atoms with E-state index in [0.29, 0.717) is 19.0 Å². The van der Waals surface area contributed by atoms with Crippen LogP contribution in [0.1, 0.15) is 24.5 Å². The molecule has 0 unspecified atom stereocenters. The molecule has 0 aliphatic carbocycles. The number of hydrogen-bond acceptors (Lipinski definition) is 3. The molecule has 1 aromatic carbocycles. The lowest BCUT2D eigenvalue weighted by atomic mass is 9.91. The number of carboxylic acid groups (broad SMARTS) is 1. The second-order valence-electron chi connectivity index (χ2n) is 4.82. The van der Waals surface area contributed by atoms with Gasteiger partial charge in [-0.3, -0.25) is 0 Å². The van der Waals surface area contributed by atoms with Gasteiger partial charge in [0.05, 0.1) is 11.2 Å². The fourth-order valence-corrected chi connectivity index (χ4v) is 2.70. The molecule has 19 heavy (non-hydrogen) atoms. The van der Waals surface area contributed by atoms with E-state index in [0.717, 1.165) is 29.4 Å². The van der Waals surface area contributed by atoms with E-state index in [2.05, 4.69) is 9.97 Å². The number of rotatable bonds is 1. The van der Waals surface area contributed by atoms with Crippen molar-refractivity contribution >= 4 is 17.0 Å². The summed E-state index contributed by atoms with van der Waals surface area (Å²) in [7, 11) is 0. The predicted octanol–water partition coefficient (Wildman–Crippen LogP) is 2.49. The number of carbonyl (C=O) groups is 1. The summed E-state index contributed by atoms with van der Waals surface area (Å²) >= 11 is 0. The number of benzene rings is 1. The predicted molar refractivity (Wildman–Crippen MR) is 71.1 cm³/mol. The first kappa shape index (κ1) is 11.9. The molecule has 1 saturated heterocycles. The van der Waals surface area contributed by atoms with Crippen LogP contribution in [-0.2, 0) is 0 Å². The van der Waals surface area contributed by atoms with Crippen molar-refractivity contribution in [2.75, 3.05) is 13.1 Å². The lowest BCUT2D eigenvalue weighted by Crippen LogP contribution is -2.37. The van der Waals surface area contributed by atoms with Gasteiger partial charge in [0.25, 0.3) is 0 Å². The number of nitrogens with zero attached hydrogens (tertiary/aromatic N) is 3. The molecular formula is C14H15N3O2. The van der Waals surface area contributed by atoms with Crippen molar-refractivity contribution in [3.05, 3.63) is 36.3 Å². The maximum absolute atomic E-state index is 10.9.